The molecule has 0 amide bonds. The molecule has 0 radical (unpaired) electrons. The average molecular weight is 454 g/mol. The summed E-state index contributed by atoms with van der Waals surface area (Å²) in [5.41, 5.74) is 3.72. The Bertz CT molecular complexity index is 1210. The minimum Gasteiger partial charge on any atom is -0.481 e. The highest BCUT2D eigenvalue weighted by Gasteiger charge is 2.31. The molecule has 4 rings (SSSR count). The van der Waals surface area contributed by atoms with Gasteiger partial charge in [-0.15, -0.1) is 0 Å². The molecular formula is C30H28FNO2. The van der Waals surface area contributed by atoms with Crippen LogP contribution in [0.2, 0.25) is 0 Å². The molecule has 1 N–H and O–H groups in total. The van der Waals surface area contributed by atoms with Gasteiger partial charge in [0.1, 0.15) is 5.82 Å². The average Bonchev–Trinajstić information content (AvgIpc) is 2.87. The van der Waals surface area contributed by atoms with Gasteiger partial charge in [0.15, 0.2) is 0 Å². The van der Waals surface area contributed by atoms with E-state index < -0.39 is 12.0 Å². The summed E-state index contributed by atoms with van der Waals surface area (Å²) in [5, 5.41) is 9.84. The van der Waals surface area contributed by atoms with Gasteiger partial charge in [0.05, 0.1) is 6.42 Å². The van der Waals surface area contributed by atoms with Crippen molar-refractivity contribution in [2.45, 2.75) is 32.0 Å². The van der Waals surface area contributed by atoms with Gasteiger partial charge in [0.2, 0.25) is 0 Å². The molecule has 34 heavy (non-hydrogen) atoms. The zero-order chi connectivity index (χ0) is 23.9. The fraction of sp³-hybridized carbons (Fsp3) is 0.167. The summed E-state index contributed by atoms with van der Waals surface area (Å²) in [7, 11) is 0. The van der Waals surface area contributed by atoms with Crippen LogP contribution in [0.3, 0.4) is 0 Å². The maximum atomic E-state index is 16.0. The van der Waals surface area contributed by atoms with Crippen LogP contribution in [-0.4, -0.2) is 16.0 Å². The van der Waals surface area contributed by atoms with Crippen LogP contribution in [0.25, 0.3) is 11.1 Å². The molecule has 0 aromatic heterocycles. The minimum atomic E-state index is -0.965. The highest BCUT2D eigenvalue weighted by molar-refractivity contribution is 5.69. The summed E-state index contributed by atoms with van der Waals surface area (Å²) in [6.45, 7) is 2.54. The number of hydrogen-bond acceptors (Lipinski definition) is 2. The Morgan fingerprint density at radius 2 is 1.41 bits per heavy atom. The van der Waals surface area contributed by atoms with Gasteiger partial charge in [-0.2, -0.15) is 0 Å². The Morgan fingerprint density at radius 3 is 2.03 bits per heavy atom. The fourth-order valence-corrected chi connectivity index (χ4v) is 4.45. The number of carboxylic acid groups (broad SMARTS) is 1. The van der Waals surface area contributed by atoms with E-state index in [1.807, 2.05) is 104 Å². The van der Waals surface area contributed by atoms with Gasteiger partial charge in [0.25, 0.3) is 0 Å². The molecule has 2 atom stereocenters. The molecule has 0 spiro atoms. The van der Waals surface area contributed by atoms with Crippen LogP contribution in [0.15, 0.2) is 109 Å². The largest absolute Gasteiger partial charge is 0.481 e. The molecule has 0 saturated carbocycles. The quantitative estimate of drug-likeness (QED) is 0.290. The van der Waals surface area contributed by atoms with Crippen molar-refractivity contribution in [3.05, 3.63) is 132 Å². The van der Waals surface area contributed by atoms with Gasteiger partial charge in [0, 0.05) is 29.8 Å². The topological polar surface area (TPSA) is 40.5 Å². The van der Waals surface area contributed by atoms with Crippen LogP contribution in [0, 0.1) is 5.82 Å². The summed E-state index contributed by atoms with van der Waals surface area (Å²) in [5.74, 6) is -1.34. The van der Waals surface area contributed by atoms with Gasteiger partial charge in [-0.25, -0.2) is 4.39 Å². The van der Waals surface area contributed by atoms with E-state index in [0.29, 0.717) is 17.7 Å². The number of hydrogen-bond donors (Lipinski definition) is 1. The van der Waals surface area contributed by atoms with Crippen molar-refractivity contribution in [1.29, 1.82) is 0 Å². The maximum Gasteiger partial charge on any atom is 0.305 e. The minimum absolute atomic E-state index is 0.134. The lowest BCUT2D eigenvalue weighted by Crippen LogP contribution is -2.33. The first-order chi connectivity index (χ1) is 16.5. The van der Waals surface area contributed by atoms with E-state index in [1.54, 1.807) is 12.1 Å². The van der Waals surface area contributed by atoms with Crippen molar-refractivity contribution < 1.29 is 14.3 Å². The molecule has 3 nitrogen and oxygen atoms in total. The number of nitrogens with zero attached hydrogens (tertiary/aromatic N) is 1. The molecule has 4 aromatic carbocycles. The lowest BCUT2D eigenvalue weighted by molar-refractivity contribution is -0.138. The normalized spacial score (nSPS) is 12.9. The number of benzene rings is 4. The lowest BCUT2D eigenvalue weighted by atomic mass is 9.93. The van der Waals surface area contributed by atoms with E-state index in [9.17, 15) is 9.90 Å². The predicted octanol–water partition coefficient (Wildman–Crippen LogP) is 7.27. The Labute approximate surface area is 200 Å². The number of halogens is 1. The molecule has 0 fully saturated rings. The maximum absolute atomic E-state index is 16.0. The summed E-state index contributed by atoms with van der Waals surface area (Å²) < 4.78 is 16.0. The summed E-state index contributed by atoms with van der Waals surface area (Å²) >= 11 is 0. The van der Waals surface area contributed by atoms with E-state index in [-0.39, 0.29) is 18.3 Å². The van der Waals surface area contributed by atoms with Crippen molar-refractivity contribution in [2.75, 3.05) is 0 Å². The van der Waals surface area contributed by atoms with Crippen molar-refractivity contribution in [3.8, 4) is 11.1 Å². The third-order valence-electron chi connectivity index (χ3n) is 6.23. The zero-order valence-electron chi connectivity index (χ0n) is 19.1. The molecule has 4 heteroatoms. The van der Waals surface area contributed by atoms with Crippen LogP contribution in [0.5, 0.6) is 0 Å². The Kier molecular flexibility index (Phi) is 7.51. The Morgan fingerprint density at radius 1 is 0.824 bits per heavy atom. The number of aliphatic carboxylic acids is 1. The second kappa shape index (κ2) is 10.9. The van der Waals surface area contributed by atoms with Crippen molar-refractivity contribution in [2.24, 2.45) is 0 Å². The van der Waals surface area contributed by atoms with Gasteiger partial charge >= 0.3 is 5.97 Å². The van der Waals surface area contributed by atoms with Crippen molar-refractivity contribution >= 4 is 5.97 Å². The third-order valence-corrected chi connectivity index (χ3v) is 6.23. The highest BCUT2D eigenvalue weighted by atomic mass is 19.1. The summed E-state index contributed by atoms with van der Waals surface area (Å²) in [4.78, 5) is 14.1. The molecule has 4 aromatic rings. The lowest BCUT2D eigenvalue weighted by Gasteiger charge is -2.37. The molecular weight excluding hydrogens is 425 g/mol. The number of carbonyl (C=O) groups is 1. The number of rotatable bonds is 9. The summed E-state index contributed by atoms with van der Waals surface area (Å²) in [6.07, 6.45) is -0.209. The fourth-order valence-electron chi connectivity index (χ4n) is 4.45. The first kappa shape index (κ1) is 23.4. The molecule has 0 unspecified atom stereocenters. The van der Waals surface area contributed by atoms with Crippen LogP contribution in [0.4, 0.5) is 4.39 Å². The van der Waals surface area contributed by atoms with Crippen LogP contribution in [-0.2, 0) is 11.3 Å². The smallest absolute Gasteiger partial charge is 0.305 e. The SMILES string of the molecule is C[C@H](c1ccccc1)N(Cc1ccccc1)[C@@H](CC(=O)O)c1cccc(-c2ccccc2)c1F. The molecule has 0 heterocycles. The zero-order valence-corrected chi connectivity index (χ0v) is 19.1. The number of carboxylic acids is 1. The highest BCUT2D eigenvalue weighted by Crippen LogP contribution is 2.38. The van der Waals surface area contributed by atoms with Gasteiger partial charge < -0.3 is 5.11 Å². The second-order valence-electron chi connectivity index (χ2n) is 8.43. The van der Waals surface area contributed by atoms with E-state index in [4.69, 9.17) is 0 Å². The van der Waals surface area contributed by atoms with Gasteiger partial charge in [-0.05, 0) is 23.6 Å². The van der Waals surface area contributed by atoms with Crippen molar-refractivity contribution in [1.82, 2.24) is 4.90 Å². The first-order valence-electron chi connectivity index (χ1n) is 11.4. The van der Waals surface area contributed by atoms with E-state index in [0.717, 1.165) is 16.7 Å². The van der Waals surface area contributed by atoms with E-state index in [2.05, 4.69) is 4.90 Å². The predicted molar refractivity (Wildman–Crippen MR) is 134 cm³/mol. The molecule has 0 aliphatic heterocycles. The molecule has 0 saturated heterocycles. The van der Waals surface area contributed by atoms with Crippen LogP contribution in [0.1, 0.15) is 42.1 Å². The monoisotopic (exact) mass is 453 g/mol. The Balaban J connectivity index is 1.82. The first-order valence-corrected chi connectivity index (χ1v) is 11.4. The second-order valence-corrected chi connectivity index (χ2v) is 8.43. The van der Waals surface area contributed by atoms with Crippen LogP contribution < -0.4 is 0 Å². The third kappa shape index (κ3) is 5.41. The van der Waals surface area contributed by atoms with Gasteiger partial charge in [-0.1, -0.05) is 109 Å². The molecule has 172 valence electrons. The van der Waals surface area contributed by atoms with E-state index >= 15 is 4.39 Å². The standard InChI is InChI=1S/C30H28FNO2/c1-22(24-14-7-3-8-15-24)32(21-23-12-5-2-6-13-23)28(20-29(33)34)27-19-11-18-26(30(27)31)25-16-9-4-10-17-25/h2-19,22,28H,20-21H2,1H3,(H,33,34)/t22-,28+/m1/s1. The van der Waals surface area contributed by atoms with Crippen molar-refractivity contribution in [3.63, 3.8) is 0 Å². The Hall–Kier alpha value is -3.76. The summed E-state index contributed by atoms with van der Waals surface area (Å²) in [6, 6.07) is 33.7. The van der Waals surface area contributed by atoms with E-state index in [1.165, 1.54) is 0 Å². The van der Waals surface area contributed by atoms with Gasteiger partial charge in [-0.3, -0.25) is 9.69 Å². The molecule has 0 aliphatic rings. The molecule has 0 aliphatic carbocycles. The molecule has 0 bridgehead atoms. The van der Waals surface area contributed by atoms with Crippen LogP contribution >= 0.6 is 0 Å².